The molecular formula is C31H37N3O5. The normalized spacial score (nSPS) is 16.5. The standard InChI is InChI=1S/C31H37N3O5/c1-8-15-33(23-12-9-20(10-13-23)28(35)39-31(5,6)7)25-14-11-21-17-26-22(16-24(21)25)18-32-27(34(26)37)19-38-29(36)30(2,3)4/h1,9-10,12-13,16-17,25,32H,11,14-15,18-19H2,2-7H3/t25-/m0/s1. The van der Waals surface area contributed by atoms with Crippen molar-refractivity contribution in [2.24, 2.45) is 5.41 Å². The van der Waals surface area contributed by atoms with Gasteiger partial charge in [-0.05, 0) is 102 Å². The highest BCUT2D eigenvalue weighted by Crippen LogP contribution is 2.41. The van der Waals surface area contributed by atoms with Crippen LogP contribution in [0.15, 0.2) is 36.4 Å². The molecule has 0 saturated carbocycles. The van der Waals surface area contributed by atoms with Gasteiger partial charge in [-0.3, -0.25) is 10.1 Å². The number of benzene rings is 2. The number of carbonyl (C=O) groups excluding carboxylic acids is 2. The predicted molar refractivity (Wildman–Crippen MR) is 151 cm³/mol. The van der Waals surface area contributed by atoms with Crippen LogP contribution in [0.25, 0.3) is 0 Å². The first-order valence-electron chi connectivity index (χ1n) is 13.2. The average Bonchev–Trinajstić information content (AvgIpc) is 3.27. The topological polar surface area (TPSA) is 93.9 Å². The number of fused-ring (bicyclic) bond motifs is 2. The van der Waals surface area contributed by atoms with Crippen LogP contribution < -0.4 is 10.2 Å². The molecule has 1 atom stereocenters. The van der Waals surface area contributed by atoms with Gasteiger partial charge >= 0.3 is 11.9 Å². The lowest BCUT2D eigenvalue weighted by atomic mass is 9.97. The fraction of sp³-hybridized carbons (Fsp3) is 0.452. The third kappa shape index (κ3) is 6.19. The third-order valence-electron chi connectivity index (χ3n) is 6.76. The van der Waals surface area contributed by atoms with E-state index in [2.05, 4.69) is 22.2 Å². The van der Waals surface area contributed by atoms with Crippen molar-refractivity contribution in [2.75, 3.05) is 18.1 Å². The van der Waals surface area contributed by atoms with Gasteiger partial charge < -0.3 is 19.6 Å². The Morgan fingerprint density at radius 3 is 2.44 bits per heavy atom. The van der Waals surface area contributed by atoms with Crippen LogP contribution in [0.4, 0.5) is 11.4 Å². The van der Waals surface area contributed by atoms with Crippen LogP contribution in [0.1, 0.15) is 81.1 Å². The molecule has 1 heterocycles. The van der Waals surface area contributed by atoms with E-state index in [-0.39, 0.29) is 24.6 Å². The summed E-state index contributed by atoms with van der Waals surface area (Å²) >= 11 is 0. The Bertz CT molecular complexity index is 1340. The number of carbonyl (C=O) groups is 2. The molecule has 0 saturated heterocycles. The molecule has 1 aliphatic carbocycles. The summed E-state index contributed by atoms with van der Waals surface area (Å²) in [6.45, 7) is 11.6. The molecule has 0 radical (unpaired) electrons. The van der Waals surface area contributed by atoms with Crippen LogP contribution >= 0.6 is 0 Å². The lowest BCUT2D eigenvalue weighted by Gasteiger charge is -2.31. The Labute approximate surface area is 230 Å². The van der Waals surface area contributed by atoms with Gasteiger partial charge in [-0.15, -0.1) is 6.42 Å². The zero-order chi connectivity index (χ0) is 28.5. The summed E-state index contributed by atoms with van der Waals surface area (Å²) in [5.74, 6) is 2.36. The Balaban J connectivity index is 1.57. The number of hydrogen-bond acceptors (Lipinski definition) is 7. The van der Waals surface area contributed by atoms with Crippen LogP contribution in [0.3, 0.4) is 0 Å². The molecule has 39 heavy (non-hydrogen) atoms. The Morgan fingerprint density at radius 2 is 1.82 bits per heavy atom. The summed E-state index contributed by atoms with van der Waals surface area (Å²) in [6, 6.07) is 11.4. The fourth-order valence-corrected chi connectivity index (χ4v) is 4.80. The lowest BCUT2D eigenvalue weighted by Crippen LogP contribution is -2.39. The summed E-state index contributed by atoms with van der Waals surface area (Å²) in [4.78, 5) is 26.8. The van der Waals surface area contributed by atoms with Gasteiger partial charge in [0.1, 0.15) is 17.8 Å². The van der Waals surface area contributed by atoms with E-state index in [1.807, 2.05) is 39.0 Å². The first-order valence-corrected chi connectivity index (χ1v) is 13.2. The maximum Gasteiger partial charge on any atom is 0.338 e. The zero-order valence-corrected chi connectivity index (χ0v) is 23.6. The number of terminal acetylenes is 1. The van der Waals surface area contributed by atoms with Crippen LogP contribution in [0, 0.1) is 23.0 Å². The highest BCUT2D eigenvalue weighted by molar-refractivity contribution is 5.90. The molecule has 1 N–H and O–H groups in total. The van der Waals surface area contributed by atoms with Crippen molar-refractivity contribution < 1.29 is 23.8 Å². The number of anilines is 1. The molecule has 206 valence electrons. The van der Waals surface area contributed by atoms with Crippen molar-refractivity contribution in [1.82, 2.24) is 5.32 Å². The van der Waals surface area contributed by atoms with Gasteiger partial charge in [0.05, 0.1) is 23.6 Å². The maximum atomic E-state index is 13.1. The van der Waals surface area contributed by atoms with Gasteiger partial charge in [-0.2, -0.15) is 0 Å². The van der Waals surface area contributed by atoms with Crippen LogP contribution in [-0.4, -0.2) is 41.3 Å². The van der Waals surface area contributed by atoms with E-state index in [9.17, 15) is 14.8 Å². The summed E-state index contributed by atoms with van der Waals surface area (Å²) < 4.78 is 11.7. The predicted octanol–water partition coefficient (Wildman–Crippen LogP) is 5.00. The highest BCUT2D eigenvalue weighted by atomic mass is 16.6. The third-order valence-corrected chi connectivity index (χ3v) is 6.76. The second-order valence-corrected chi connectivity index (χ2v) is 12.0. The molecular weight excluding hydrogens is 494 g/mol. The molecule has 2 aromatic rings. The number of rotatable bonds is 6. The van der Waals surface area contributed by atoms with E-state index < -0.39 is 11.0 Å². The average molecular weight is 532 g/mol. The Kier molecular flexibility index (Phi) is 7.65. The van der Waals surface area contributed by atoms with Crippen molar-refractivity contribution in [2.45, 2.75) is 72.6 Å². The highest BCUT2D eigenvalue weighted by Gasteiger charge is 2.33. The van der Waals surface area contributed by atoms with Gasteiger partial charge in [0.15, 0.2) is 6.61 Å². The number of amidine groups is 1. The minimum atomic E-state index is -0.642. The van der Waals surface area contributed by atoms with E-state index in [4.69, 9.17) is 15.9 Å². The van der Waals surface area contributed by atoms with E-state index >= 15 is 0 Å². The summed E-state index contributed by atoms with van der Waals surface area (Å²) in [6.07, 6.45) is 7.41. The van der Waals surface area contributed by atoms with Crippen molar-refractivity contribution in [3.05, 3.63) is 63.9 Å². The van der Waals surface area contributed by atoms with Crippen LogP contribution in [0.5, 0.6) is 0 Å². The molecule has 2 aromatic carbocycles. The van der Waals surface area contributed by atoms with E-state index in [1.54, 1.807) is 32.9 Å². The Morgan fingerprint density at radius 1 is 1.13 bits per heavy atom. The van der Waals surface area contributed by atoms with Crippen molar-refractivity contribution in [3.63, 3.8) is 0 Å². The quantitative estimate of drug-likeness (QED) is 0.243. The maximum absolute atomic E-state index is 13.1. The smallest absolute Gasteiger partial charge is 0.338 e. The fourth-order valence-electron chi connectivity index (χ4n) is 4.80. The van der Waals surface area contributed by atoms with E-state index in [1.165, 1.54) is 0 Å². The summed E-state index contributed by atoms with van der Waals surface area (Å²) in [7, 11) is 0. The number of aryl methyl sites for hydroxylation is 1. The molecule has 0 unspecified atom stereocenters. The molecule has 0 bridgehead atoms. The molecule has 2 aliphatic rings. The molecule has 4 rings (SSSR count). The molecule has 0 aromatic heterocycles. The largest absolute Gasteiger partial charge is 0.710 e. The van der Waals surface area contributed by atoms with Crippen molar-refractivity contribution >= 4 is 29.1 Å². The van der Waals surface area contributed by atoms with E-state index in [0.29, 0.717) is 30.2 Å². The first kappa shape index (κ1) is 28.0. The lowest BCUT2D eigenvalue weighted by molar-refractivity contribution is -0.369. The van der Waals surface area contributed by atoms with Crippen LogP contribution in [0.2, 0.25) is 0 Å². The van der Waals surface area contributed by atoms with Gasteiger partial charge in [0, 0.05) is 11.3 Å². The summed E-state index contributed by atoms with van der Waals surface area (Å²) in [5, 5.41) is 16.3. The monoisotopic (exact) mass is 531 g/mol. The second kappa shape index (κ2) is 10.6. The number of nitrogens with zero attached hydrogens (tertiary/aromatic N) is 2. The first-order chi connectivity index (χ1) is 18.3. The minimum Gasteiger partial charge on any atom is -0.710 e. The van der Waals surface area contributed by atoms with Gasteiger partial charge in [0.25, 0.3) is 5.84 Å². The SMILES string of the molecule is C#CCN(c1ccc(C(=O)OC(C)(C)C)cc1)[C@H]1CCc2cc3c(cc21)CNC(COC(=O)C(C)(C)C)=[N+]3[O-]. The molecule has 0 amide bonds. The number of esters is 2. The molecule has 8 heteroatoms. The van der Waals surface area contributed by atoms with Gasteiger partial charge in [-0.1, -0.05) is 5.92 Å². The zero-order valence-electron chi connectivity index (χ0n) is 23.6. The van der Waals surface area contributed by atoms with Gasteiger partial charge in [0.2, 0.25) is 0 Å². The summed E-state index contributed by atoms with van der Waals surface area (Å²) in [5.41, 5.74) is 3.87. The minimum absolute atomic E-state index is 0.0342. The second-order valence-electron chi connectivity index (χ2n) is 12.0. The number of hydrogen-bond donors (Lipinski definition) is 1. The van der Waals surface area contributed by atoms with Crippen LogP contribution in [-0.2, 0) is 27.2 Å². The van der Waals surface area contributed by atoms with Crippen molar-refractivity contribution in [1.29, 1.82) is 0 Å². The van der Waals surface area contributed by atoms with Gasteiger partial charge in [-0.25, -0.2) is 9.53 Å². The Hall–Kier alpha value is -3.99. The molecule has 0 spiro atoms. The molecule has 0 fully saturated rings. The molecule has 1 aliphatic heterocycles. The molecule has 8 nitrogen and oxygen atoms in total. The van der Waals surface area contributed by atoms with Crippen molar-refractivity contribution in [3.8, 4) is 12.3 Å². The number of nitrogens with one attached hydrogen (secondary N) is 1. The van der Waals surface area contributed by atoms with E-state index in [0.717, 1.165) is 40.0 Å². The number of ether oxygens (including phenoxy) is 2.